The molecule has 2 aromatic rings. The Balaban J connectivity index is 2.45. The van der Waals surface area contributed by atoms with Crippen molar-refractivity contribution in [2.24, 2.45) is 12.8 Å². The Hall–Kier alpha value is -1.27. The van der Waals surface area contributed by atoms with Gasteiger partial charge in [0, 0.05) is 16.6 Å². The first-order chi connectivity index (χ1) is 7.20. The lowest BCUT2D eigenvalue weighted by atomic mass is 10.1. The monoisotopic (exact) mass is 267 g/mol. The first-order valence-corrected chi connectivity index (χ1v) is 5.23. The van der Waals surface area contributed by atoms with E-state index in [2.05, 4.69) is 31.3 Å². The Bertz CT molecular complexity index is 479. The SMILES string of the molecule is Cn1nnc(-c2ccc(Br)c(CN)c2)n1. The van der Waals surface area contributed by atoms with Gasteiger partial charge in [0.2, 0.25) is 5.82 Å². The van der Waals surface area contributed by atoms with E-state index in [1.54, 1.807) is 7.05 Å². The number of tetrazole rings is 1. The largest absolute Gasteiger partial charge is 0.326 e. The zero-order valence-electron chi connectivity index (χ0n) is 8.18. The smallest absolute Gasteiger partial charge is 0.204 e. The van der Waals surface area contributed by atoms with Gasteiger partial charge in [-0.2, -0.15) is 4.80 Å². The fraction of sp³-hybridized carbons (Fsp3) is 0.222. The van der Waals surface area contributed by atoms with Crippen molar-refractivity contribution < 1.29 is 0 Å². The number of rotatable bonds is 2. The van der Waals surface area contributed by atoms with E-state index in [9.17, 15) is 0 Å². The number of nitrogens with two attached hydrogens (primary N) is 1. The maximum atomic E-state index is 5.61. The van der Waals surface area contributed by atoms with Gasteiger partial charge >= 0.3 is 0 Å². The summed E-state index contributed by atoms with van der Waals surface area (Å²) in [6.07, 6.45) is 0. The first kappa shape index (κ1) is 10.3. The van der Waals surface area contributed by atoms with E-state index in [1.165, 1.54) is 4.80 Å². The second-order valence-corrected chi connectivity index (χ2v) is 3.97. The van der Waals surface area contributed by atoms with Crippen LogP contribution in [0.25, 0.3) is 11.4 Å². The van der Waals surface area contributed by atoms with Crippen LogP contribution in [0.15, 0.2) is 22.7 Å². The molecule has 5 nitrogen and oxygen atoms in total. The van der Waals surface area contributed by atoms with Crippen LogP contribution in [-0.2, 0) is 13.6 Å². The molecule has 0 bridgehead atoms. The van der Waals surface area contributed by atoms with E-state index >= 15 is 0 Å². The topological polar surface area (TPSA) is 69.6 Å². The second kappa shape index (κ2) is 4.08. The highest BCUT2D eigenvalue weighted by molar-refractivity contribution is 9.10. The third-order valence-electron chi connectivity index (χ3n) is 2.03. The summed E-state index contributed by atoms with van der Waals surface area (Å²) in [5, 5.41) is 11.8. The molecule has 78 valence electrons. The van der Waals surface area contributed by atoms with Gasteiger partial charge in [-0.15, -0.1) is 10.2 Å². The average molecular weight is 268 g/mol. The van der Waals surface area contributed by atoms with Crippen molar-refractivity contribution in [1.82, 2.24) is 20.2 Å². The molecule has 0 aliphatic heterocycles. The van der Waals surface area contributed by atoms with E-state index in [0.717, 1.165) is 15.6 Å². The molecule has 1 aromatic heterocycles. The molecule has 0 amide bonds. The Kier molecular flexibility index (Phi) is 2.79. The summed E-state index contributed by atoms with van der Waals surface area (Å²) in [5.74, 6) is 0.611. The lowest BCUT2D eigenvalue weighted by molar-refractivity contribution is 0.630. The number of nitrogens with zero attached hydrogens (tertiary/aromatic N) is 4. The standard InChI is InChI=1S/C9H10BrN5/c1-15-13-9(12-14-15)6-2-3-8(10)7(4-6)5-11/h2-4H,5,11H2,1H3. The molecule has 0 aliphatic carbocycles. The molecule has 0 saturated carbocycles. The molecule has 0 radical (unpaired) electrons. The van der Waals surface area contributed by atoms with Crippen LogP contribution in [0.1, 0.15) is 5.56 Å². The van der Waals surface area contributed by atoms with Crippen LogP contribution in [0, 0.1) is 0 Å². The maximum Gasteiger partial charge on any atom is 0.204 e. The molecular formula is C9H10BrN5. The van der Waals surface area contributed by atoms with Gasteiger partial charge in [0.1, 0.15) is 0 Å². The minimum Gasteiger partial charge on any atom is -0.326 e. The molecule has 15 heavy (non-hydrogen) atoms. The molecular weight excluding hydrogens is 258 g/mol. The van der Waals surface area contributed by atoms with Gasteiger partial charge in [0.05, 0.1) is 7.05 Å². The lowest BCUT2D eigenvalue weighted by Crippen LogP contribution is -1.98. The Morgan fingerprint density at radius 1 is 1.47 bits per heavy atom. The summed E-state index contributed by atoms with van der Waals surface area (Å²) in [6, 6.07) is 5.83. The summed E-state index contributed by atoms with van der Waals surface area (Å²) in [6.45, 7) is 0.481. The van der Waals surface area contributed by atoms with Crippen LogP contribution >= 0.6 is 15.9 Å². The second-order valence-electron chi connectivity index (χ2n) is 3.11. The number of hydrogen-bond acceptors (Lipinski definition) is 4. The fourth-order valence-corrected chi connectivity index (χ4v) is 1.68. The Morgan fingerprint density at radius 2 is 2.27 bits per heavy atom. The molecule has 2 N–H and O–H groups in total. The summed E-state index contributed by atoms with van der Waals surface area (Å²) in [4.78, 5) is 1.43. The number of aryl methyl sites for hydroxylation is 1. The molecule has 0 aliphatic rings. The van der Waals surface area contributed by atoms with E-state index in [1.807, 2.05) is 18.2 Å². The summed E-state index contributed by atoms with van der Waals surface area (Å²) in [5.41, 5.74) is 7.56. The molecule has 0 unspecified atom stereocenters. The van der Waals surface area contributed by atoms with Crippen LogP contribution in [0.2, 0.25) is 0 Å². The number of halogens is 1. The van der Waals surface area contributed by atoms with Crippen LogP contribution in [0.5, 0.6) is 0 Å². The molecule has 6 heteroatoms. The van der Waals surface area contributed by atoms with Crippen LogP contribution in [0.4, 0.5) is 0 Å². The van der Waals surface area contributed by atoms with Crippen molar-refractivity contribution >= 4 is 15.9 Å². The molecule has 1 aromatic carbocycles. The molecule has 0 spiro atoms. The van der Waals surface area contributed by atoms with E-state index in [-0.39, 0.29) is 0 Å². The fourth-order valence-electron chi connectivity index (χ4n) is 1.27. The predicted octanol–water partition coefficient (Wildman–Crippen LogP) is 1.10. The highest BCUT2D eigenvalue weighted by atomic mass is 79.9. The third kappa shape index (κ3) is 2.05. The molecule has 0 fully saturated rings. The van der Waals surface area contributed by atoms with Gasteiger partial charge in [0.15, 0.2) is 0 Å². The van der Waals surface area contributed by atoms with Crippen molar-refractivity contribution in [1.29, 1.82) is 0 Å². The first-order valence-electron chi connectivity index (χ1n) is 4.43. The predicted molar refractivity (Wildman–Crippen MR) is 59.8 cm³/mol. The molecule has 1 heterocycles. The average Bonchev–Trinajstić information content (AvgIpc) is 2.66. The molecule has 0 saturated heterocycles. The van der Waals surface area contributed by atoms with Crippen molar-refractivity contribution in [3.05, 3.63) is 28.2 Å². The summed E-state index contributed by atoms with van der Waals surface area (Å²) < 4.78 is 0.998. The zero-order chi connectivity index (χ0) is 10.8. The van der Waals surface area contributed by atoms with Crippen molar-refractivity contribution in [2.45, 2.75) is 6.54 Å². The Morgan fingerprint density at radius 3 is 2.87 bits per heavy atom. The summed E-state index contributed by atoms with van der Waals surface area (Å²) >= 11 is 3.43. The number of hydrogen-bond donors (Lipinski definition) is 1. The van der Waals surface area contributed by atoms with Gasteiger partial charge in [-0.25, -0.2) is 0 Å². The van der Waals surface area contributed by atoms with E-state index in [4.69, 9.17) is 5.73 Å². The van der Waals surface area contributed by atoms with Crippen LogP contribution in [0.3, 0.4) is 0 Å². The van der Waals surface area contributed by atoms with E-state index < -0.39 is 0 Å². The van der Waals surface area contributed by atoms with Gasteiger partial charge in [-0.05, 0) is 29.0 Å². The normalized spacial score (nSPS) is 10.6. The molecule has 2 rings (SSSR count). The minimum atomic E-state index is 0.481. The van der Waals surface area contributed by atoms with Crippen molar-refractivity contribution in [3.8, 4) is 11.4 Å². The lowest BCUT2D eigenvalue weighted by Gasteiger charge is -2.02. The highest BCUT2D eigenvalue weighted by Gasteiger charge is 2.06. The number of benzene rings is 1. The van der Waals surface area contributed by atoms with Gasteiger partial charge in [0.25, 0.3) is 0 Å². The Labute approximate surface area is 95.4 Å². The summed E-state index contributed by atoms with van der Waals surface area (Å²) in [7, 11) is 1.74. The van der Waals surface area contributed by atoms with Crippen molar-refractivity contribution in [2.75, 3.05) is 0 Å². The van der Waals surface area contributed by atoms with Crippen molar-refractivity contribution in [3.63, 3.8) is 0 Å². The quantitative estimate of drug-likeness (QED) is 0.885. The van der Waals surface area contributed by atoms with Crippen LogP contribution in [-0.4, -0.2) is 20.2 Å². The van der Waals surface area contributed by atoms with Crippen LogP contribution < -0.4 is 5.73 Å². The zero-order valence-corrected chi connectivity index (χ0v) is 9.77. The molecule has 0 atom stereocenters. The van der Waals surface area contributed by atoms with Gasteiger partial charge in [-0.1, -0.05) is 15.9 Å². The minimum absolute atomic E-state index is 0.481. The highest BCUT2D eigenvalue weighted by Crippen LogP contribution is 2.22. The third-order valence-corrected chi connectivity index (χ3v) is 2.81. The number of aromatic nitrogens is 4. The van der Waals surface area contributed by atoms with E-state index in [0.29, 0.717) is 12.4 Å². The van der Waals surface area contributed by atoms with Gasteiger partial charge < -0.3 is 5.73 Å². The maximum absolute atomic E-state index is 5.61. The van der Waals surface area contributed by atoms with Gasteiger partial charge in [-0.3, -0.25) is 0 Å².